The summed E-state index contributed by atoms with van der Waals surface area (Å²) in [6.45, 7) is 1.33. The van der Waals surface area contributed by atoms with E-state index >= 15 is 0 Å². The molecule has 0 bridgehead atoms. The average molecular weight is 155 g/mol. The van der Waals surface area contributed by atoms with Gasteiger partial charge in [-0.05, 0) is 0 Å². The van der Waals surface area contributed by atoms with Crippen molar-refractivity contribution >= 4 is 5.78 Å². The third-order valence-corrected chi connectivity index (χ3v) is 1.52. The Hall–Kier alpha value is -1.45. The van der Waals surface area contributed by atoms with Gasteiger partial charge < -0.3 is 14.8 Å². The highest BCUT2D eigenvalue weighted by Crippen LogP contribution is 2.25. The molecule has 0 spiro atoms. The molecule has 1 aromatic heterocycles. The Bertz CT molecular complexity index is 301. The molecule has 0 saturated heterocycles. The molecule has 0 atom stereocenters. The van der Waals surface area contributed by atoms with Crippen molar-refractivity contribution in [2.24, 2.45) is 7.05 Å². The van der Waals surface area contributed by atoms with E-state index in [1.807, 2.05) is 0 Å². The van der Waals surface area contributed by atoms with Crippen LogP contribution in [0.25, 0.3) is 0 Å². The van der Waals surface area contributed by atoms with E-state index in [0.29, 0.717) is 0 Å². The lowest BCUT2D eigenvalue weighted by atomic mass is 10.3. The molecule has 4 nitrogen and oxygen atoms in total. The monoisotopic (exact) mass is 155 g/mol. The zero-order valence-electron chi connectivity index (χ0n) is 6.33. The van der Waals surface area contributed by atoms with Crippen LogP contribution in [0.15, 0.2) is 6.07 Å². The summed E-state index contributed by atoms with van der Waals surface area (Å²) in [5, 5.41) is 18.1. The van der Waals surface area contributed by atoms with Crippen LogP contribution in [0, 0.1) is 0 Å². The summed E-state index contributed by atoms with van der Waals surface area (Å²) in [6, 6.07) is 1.14. The van der Waals surface area contributed by atoms with Crippen LogP contribution in [-0.4, -0.2) is 20.6 Å². The van der Waals surface area contributed by atoms with Gasteiger partial charge in [0.05, 0.1) is 0 Å². The van der Waals surface area contributed by atoms with Crippen LogP contribution in [0.4, 0.5) is 0 Å². The predicted molar refractivity (Wildman–Crippen MR) is 38.7 cm³/mol. The predicted octanol–water partition coefficient (Wildman–Crippen LogP) is 0.639. The smallest absolute Gasteiger partial charge is 0.195 e. The van der Waals surface area contributed by atoms with Crippen LogP contribution in [0.3, 0.4) is 0 Å². The summed E-state index contributed by atoms with van der Waals surface area (Å²) in [5.74, 6) is -0.574. The van der Waals surface area contributed by atoms with Crippen LogP contribution in [0.2, 0.25) is 0 Å². The van der Waals surface area contributed by atoms with Gasteiger partial charge in [-0.1, -0.05) is 0 Å². The molecule has 4 heteroatoms. The zero-order chi connectivity index (χ0) is 8.59. The largest absolute Gasteiger partial charge is 0.505 e. The highest BCUT2D eigenvalue weighted by atomic mass is 16.3. The normalized spacial score (nSPS) is 10.0. The maximum atomic E-state index is 10.8. The van der Waals surface area contributed by atoms with Crippen molar-refractivity contribution in [3.63, 3.8) is 0 Å². The van der Waals surface area contributed by atoms with E-state index < -0.39 is 0 Å². The Morgan fingerprint density at radius 3 is 2.27 bits per heavy atom. The third kappa shape index (κ3) is 1.07. The number of hydrogen-bond acceptors (Lipinski definition) is 3. The van der Waals surface area contributed by atoms with Gasteiger partial charge in [0.2, 0.25) is 0 Å². The lowest BCUT2D eigenvalue weighted by molar-refractivity contribution is 0.100. The van der Waals surface area contributed by atoms with Crippen molar-refractivity contribution in [3.8, 4) is 11.6 Å². The van der Waals surface area contributed by atoms with Gasteiger partial charge in [0, 0.05) is 20.0 Å². The second-order valence-corrected chi connectivity index (χ2v) is 2.35. The molecule has 0 fully saturated rings. The highest BCUT2D eigenvalue weighted by Gasteiger charge is 2.14. The van der Waals surface area contributed by atoms with Crippen molar-refractivity contribution in [1.82, 2.24) is 4.57 Å². The van der Waals surface area contributed by atoms with E-state index in [9.17, 15) is 4.79 Å². The Morgan fingerprint density at radius 2 is 2.09 bits per heavy atom. The van der Waals surface area contributed by atoms with Crippen molar-refractivity contribution < 1.29 is 15.0 Å². The first-order chi connectivity index (χ1) is 5.04. The zero-order valence-corrected chi connectivity index (χ0v) is 6.33. The number of hydrogen-bond donors (Lipinski definition) is 2. The SMILES string of the molecule is CC(=O)c1c(O)cc(O)n1C. The summed E-state index contributed by atoms with van der Waals surface area (Å²) in [4.78, 5) is 10.8. The fraction of sp³-hybridized carbons (Fsp3) is 0.286. The maximum Gasteiger partial charge on any atom is 0.195 e. The number of aromatic hydroxyl groups is 2. The molecule has 0 amide bonds. The van der Waals surface area contributed by atoms with Crippen LogP contribution < -0.4 is 0 Å². The summed E-state index contributed by atoms with van der Waals surface area (Å²) in [6.07, 6.45) is 0. The van der Waals surface area contributed by atoms with Gasteiger partial charge in [0.25, 0.3) is 0 Å². The number of nitrogens with zero attached hydrogens (tertiary/aromatic N) is 1. The minimum absolute atomic E-state index is 0.118. The van der Waals surface area contributed by atoms with Gasteiger partial charge in [-0.25, -0.2) is 0 Å². The molecular weight excluding hydrogens is 146 g/mol. The number of carbonyl (C=O) groups excluding carboxylic acids is 1. The molecule has 0 aliphatic rings. The number of aromatic nitrogens is 1. The fourth-order valence-electron chi connectivity index (χ4n) is 0.990. The van der Waals surface area contributed by atoms with E-state index in [1.54, 1.807) is 0 Å². The lowest BCUT2D eigenvalue weighted by Crippen LogP contribution is -2.00. The van der Waals surface area contributed by atoms with Gasteiger partial charge in [-0.15, -0.1) is 0 Å². The van der Waals surface area contributed by atoms with Crippen LogP contribution in [0.1, 0.15) is 17.4 Å². The van der Waals surface area contributed by atoms with E-state index in [-0.39, 0.29) is 23.1 Å². The molecule has 0 saturated carbocycles. The highest BCUT2D eigenvalue weighted by molar-refractivity contribution is 5.95. The molecule has 0 aliphatic carbocycles. The minimum atomic E-state index is -0.273. The Labute approximate surface area is 63.7 Å². The van der Waals surface area contributed by atoms with E-state index in [2.05, 4.69) is 0 Å². The van der Waals surface area contributed by atoms with Crippen LogP contribution >= 0.6 is 0 Å². The molecule has 60 valence electrons. The average Bonchev–Trinajstić information content (AvgIpc) is 2.07. The Morgan fingerprint density at radius 1 is 1.55 bits per heavy atom. The van der Waals surface area contributed by atoms with E-state index in [4.69, 9.17) is 10.2 Å². The molecule has 0 radical (unpaired) electrons. The second kappa shape index (κ2) is 2.30. The lowest BCUT2D eigenvalue weighted by Gasteiger charge is -1.98. The molecule has 1 rings (SSSR count). The van der Waals surface area contributed by atoms with Gasteiger partial charge in [0.1, 0.15) is 11.4 Å². The minimum Gasteiger partial charge on any atom is -0.505 e. The molecule has 11 heavy (non-hydrogen) atoms. The van der Waals surface area contributed by atoms with Gasteiger partial charge in [-0.3, -0.25) is 4.79 Å². The summed E-state index contributed by atoms with van der Waals surface area (Å²) < 4.78 is 1.23. The summed E-state index contributed by atoms with van der Waals surface area (Å²) >= 11 is 0. The quantitative estimate of drug-likeness (QED) is 0.585. The van der Waals surface area contributed by atoms with Crippen LogP contribution in [0.5, 0.6) is 11.6 Å². The van der Waals surface area contributed by atoms with Crippen LogP contribution in [-0.2, 0) is 7.05 Å². The molecule has 1 heterocycles. The van der Waals surface area contributed by atoms with Crippen molar-refractivity contribution in [2.45, 2.75) is 6.92 Å². The maximum absolute atomic E-state index is 10.8. The van der Waals surface area contributed by atoms with Crippen molar-refractivity contribution in [2.75, 3.05) is 0 Å². The Kier molecular flexibility index (Phi) is 1.60. The summed E-state index contributed by atoms with van der Waals surface area (Å²) in [5.41, 5.74) is 0.127. The first-order valence-corrected chi connectivity index (χ1v) is 3.12. The first-order valence-electron chi connectivity index (χ1n) is 3.12. The number of carbonyl (C=O) groups is 1. The van der Waals surface area contributed by atoms with Gasteiger partial charge >= 0.3 is 0 Å². The molecule has 0 aliphatic heterocycles. The van der Waals surface area contributed by atoms with E-state index in [1.165, 1.54) is 18.5 Å². The number of Topliss-reactive ketones (excluding diaryl/α,β-unsaturated/α-hetero) is 1. The van der Waals surface area contributed by atoms with Crippen molar-refractivity contribution in [1.29, 1.82) is 0 Å². The van der Waals surface area contributed by atoms with E-state index in [0.717, 1.165) is 6.07 Å². The number of ketones is 1. The fourth-order valence-corrected chi connectivity index (χ4v) is 0.990. The second-order valence-electron chi connectivity index (χ2n) is 2.35. The molecular formula is C7H9NO3. The van der Waals surface area contributed by atoms with Crippen molar-refractivity contribution in [3.05, 3.63) is 11.8 Å². The standard InChI is InChI=1S/C7H9NO3/c1-4(9)7-5(10)3-6(11)8(7)2/h3,10-11H,1-2H3. The Balaban J connectivity index is 3.34. The summed E-state index contributed by atoms with van der Waals surface area (Å²) in [7, 11) is 1.51. The number of rotatable bonds is 1. The third-order valence-electron chi connectivity index (χ3n) is 1.52. The molecule has 0 aromatic carbocycles. The topological polar surface area (TPSA) is 62.5 Å². The van der Waals surface area contributed by atoms with Gasteiger partial charge in [0.15, 0.2) is 11.7 Å². The molecule has 0 unspecified atom stereocenters. The molecule has 2 N–H and O–H groups in total. The first kappa shape index (κ1) is 7.65. The molecule has 1 aromatic rings. The van der Waals surface area contributed by atoms with Gasteiger partial charge in [-0.2, -0.15) is 0 Å².